The summed E-state index contributed by atoms with van der Waals surface area (Å²) in [4.78, 5) is 4.31. The molecule has 1 aliphatic rings. The molecule has 2 nitrogen and oxygen atoms in total. The van der Waals surface area contributed by atoms with E-state index in [2.05, 4.69) is 25.4 Å². The van der Waals surface area contributed by atoms with Crippen LogP contribution in [-0.4, -0.2) is 18.4 Å². The van der Waals surface area contributed by atoms with Crippen molar-refractivity contribution in [3.05, 3.63) is 24.0 Å². The van der Waals surface area contributed by atoms with Crippen LogP contribution in [-0.2, 0) is 4.74 Å². The fourth-order valence-corrected chi connectivity index (χ4v) is 1.29. The second-order valence-electron chi connectivity index (χ2n) is 4.32. The van der Waals surface area contributed by atoms with Crippen LogP contribution in [0.4, 0.5) is 0 Å². The number of hydrogen-bond donors (Lipinski definition) is 0. The smallest absolute Gasteiger partial charge is 0.140 e. The Balaban J connectivity index is 2.51. The lowest BCUT2D eigenvalue weighted by Gasteiger charge is -2.29. The van der Waals surface area contributed by atoms with Gasteiger partial charge in [-0.2, -0.15) is 0 Å². The fraction of sp³-hybridized carbons (Fsp3) is 0.583. The van der Waals surface area contributed by atoms with Crippen LogP contribution in [0.25, 0.3) is 0 Å². The first-order chi connectivity index (χ1) is 6.52. The van der Waals surface area contributed by atoms with Gasteiger partial charge < -0.3 is 4.74 Å². The molecule has 0 saturated heterocycles. The Morgan fingerprint density at radius 3 is 3.00 bits per heavy atom. The summed E-state index contributed by atoms with van der Waals surface area (Å²) in [6, 6.07) is 0. The average Bonchev–Trinajstić information content (AvgIpc) is 2.10. The highest BCUT2D eigenvalue weighted by Gasteiger charge is 2.25. The van der Waals surface area contributed by atoms with E-state index in [-0.39, 0.29) is 5.60 Å². The Bertz CT molecular complexity index is 278. The molecule has 0 unspecified atom stereocenters. The number of ether oxygens (including phenoxy) is 1. The summed E-state index contributed by atoms with van der Waals surface area (Å²) in [6.45, 7) is 10.6. The van der Waals surface area contributed by atoms with E-state index in [1.54, 1.807) is 0 Å². The van der Waals surface area contributed by atoms with Crippen LogP contribution in [0, 0.1) is 0 Å². The third-order valence-corrected chi connectivity index (χ3v) is 2.27. The molecule has 1 heterocycles. The second kappa shape index (κ2) is 4.45. The van der Waals surface area contributed by atoms with Gasteiger partial charge in [-0.05, 0) is 39.2 Å². The number of allylic oxidation sites excluding steroid dienone is 1. The molecule has 2 heteroatoms. The van der Waals surface area contributed by atoms with Crippen molar-refractivity contribution in [1.82, 2.24) is 0 Å². The maximum Gasteiger partial charge on any atom is 0.140 e. The summed E-state index contributed by atoms with van der Waals surface area (Å²) in [5.74, 6) is 0. The topological polar surface area (TPSA) is 21.6 Å². The highest BCUT2D eigenvalue weighted by atomic mass is 16.5. The Hall–Kier alpha value is -1.05. The van der Waals surface area contributed by atoms with Crippen molar-refractivity contribution >= 4 is 6.21 Å². The molecule has 1 atom stereocenters. The first-order valence-electron chi connectivity index (χ1n) is 5.01. The van der Waals surface area contributed by atoms with Gasteiger partial charge in [0.2, 0.25) is 0 Å². The van der Waals surface area contributed by atoms with Gasteiger partial charge in [-0.25, -0.2) is 0 Å². The zero-order valence-corrected chi connectivity index (χ0v) is 9.34. The van der Waals surface area contributed by atoms with Crippen molar-refractivity contribution in [3.8, 4) is 0 Å². The van der Waals surface area contributed by atoms with Crippen LogP contribution < -0.4 is 0 Å². The molecular formula is C12H19NO. The van der Waals surface area contributed by atoms with Gasteiger partial charge in [-0.1, -0.05) is 12.2 Å². The molecule has 0 saturated carbocycles. The van der Waals surface area contributed by atoms with Gasteiger partial charge in [0.25, 0.3) is 0 Å². The average molecular weight is 193 g/mol. The lowest BCUT2D eigenvalue weighted by Crippen LogP contribution is -2.31. The zero-order chi connectivity index (χ0) is 10.6. The van der Waals surface area contributed by atoms with Crippen LogP contribution >= 0.6 is 0 Å². The SMILES string of the molecule is C=C(C)CN=C[C@]1(C)CCC(C)=CO1. The molecule has 0 aromatic carbocycles. The molecule has 0 amide bonds. The number of nitrogens with zero attached hydrogens (tertiary/aromatic N) is 1. The van der Waals surface area contributed by atoms with E-state index in [9.17, 15) is 0 Å². The predicted molar refractivity (Wildman–Crippen MR) is 60.7 cm³/mol. The molecule has 0 aliphatic carbocycles. The van der Waals surface area contributed by atoms with Gasteiger partial charge in [0, 0.05) is 6.21 Å². The van der Waals surface area contributed by atoms with Gasteiger partial charge in [0.05, 0.1) is 12.8 Å². The Labute approximate surface area is 86.4 Å². The summed E-state index contributed by atoms with van der Waals surface area (Å²) in [5, 5.41) is 0. The molecule has 0 spiro atoms. The standard InChI is InChI=1S/C12H19NO/c1-10(2)7-13-9-12(4)6-5-11(3)8-14-12/h8-9H,1,5-7H2,2-4H3/t12-/m0/s1. The lowest BCUT2D eigenvalue weighted by atomic mass is 9.96. The van der Waals surface area contributed by atoms with Crippen molar-refractivity contribution in [1.29, 1.82) is 0 Å². The quantitative estimate of drug-likeness (QED) is 0.498. The van der Waals surface area contributed by atoms with Gasteiger partial charge in [-0.15, -0.1) is 0 Å². The van der Waals surface area contributed by atoms with Crippen LogP contribution in [0.3, 0.4) is 0 Å². The predicted octanol–water partition coefficient (Wildman–Crippen LogP) is 3.11. The van der Waals surface area contributed by atoms with Crippen LogP contribution in [0.1, 0.15) is 33.6 Å². The summed E-state index contributed by atoms with van der Waals surface area (Å²) >= 11 is 0. The lowest BCUT2D eigenvalue weighted by molar-refractivity contribution is 0.0860. The third-order valence-electron chi connectivity index (χ3n) is 2.27. The van der Waals surface area contributed by atoms with E-state index >= 15 is 0 Å². The van der Waals surface area contributed by atoms with Gasteiger partial charge >= 0.3 is 0 Å². The van der Waals surface area contributed by atoms with Crippen molar-refractivity contribution < 1.29 is 4.74 Å². The minimum Gasteiger partial charge on any atom is -0.490 e. The largest absolute Gasteiger partial charge is 0.490 e. The molecule has 0 bridgehead atoms. The maximum absolute atomic E-state index is 5.62. The fourth-order valence-electron chi connectivity index (χ4n) is 1.29. The molecule has 0 fully saturated rings. The molecule has 1 aliphatic heterocycles. The minimum absolute atomic E-state index is 0.213. The summed E-state index contributed by atoms with van der Waals surface area (Å²) in [7, 11) is 0. The highest BCUT2D eigenvalue weighted by molar-refractivity contribution is 5.68. The third kappa shape index (κ3) is 3.36. The van der Waals surface area contributed by atoms with Crippen molar-refractivity contribution in [2.45, 2.75) is 39.2 Å². The van der Waals surface area contributed by atoms with E-state index in [1.165, 1.54) is 5.57 Å². The minimum atomic E-state index is -0.213. The second-order valence-corrected chi connectivity index (χ2v) is 4.32. The molecule has 1 rings (SSSR count). The number of rotatable bonds is 3. The monoisotopic (exact) mass is 193 g/mol. The first-order valence-corrected chi connectivity index (χ1v) is 5.01. The molecule has 0 aromatic rings. The molecule has 14 heavy (non-hydrogen) atoms. The normalized spacial score (nSPS) is 27.2. The van der Waals surface area contributed by atoms with E-state index in [4.69, 9.17) is 4.74 Å². The van der Waals surface area contributed by atoms with Crippen LogP contribution in [0.5, 0.6) is 0 Å². The van der Waals surface area contributed by atoms with Gasteiger partial charge in [0.1, 0.15) is 5.60 Å². The molecule has 78 valence electrons. The molecule has 0 aromatic heterocycles. The van der Waals surface area contributed by atoms with Crippen molar-refractivity contribution in [3.63, 3.8) is 0 Å². The number of aliphatic imine (C=N–C) groups is 1. The van der Waals surface area contributed by atoms with Gasteiger partial charge in [0.15, 0.2) is 0 Å². The summed E-state index contributed by atoms with van der Waals surface area (Å²) in [5.41, 5.74) is 2.16. The van der Waals surface area contributed by atoms with Gasteiger partial charge in [-0.3, -0.25) is 4.99 Å². The zero-order valence-electron chi connectivity index (χ0n) is 9.34. The van der Waals surface area contributed by atoms with E-state index in [0.29, 0.717) is 6.54 Å². The summed E-state index contributed by atoms with van der Waals surface area (Å²) < 4.78 is 5.62. The summed E-state index contributed by atoms with van der Waals surface area (Å²) in [6.07, 6.45) is 5.85. The van der Waals surface area contributed by atoms with E-state index in [1.807, 2.05) is 19.4 Å². The molecular weight excluding hydrogens is 174 g/mol. The molecule has 0 radical (unpaired) electrons. The van der Waals surface area contributed by atoms with Crippen molar-refractivity contribution in [2.24, 2.45) is 4.99 Å². The van der Waals surface area contributed by atoms with Crippen molar-refractivity contribution in [2.75, 3.05) is 6.54 Å². The van der Waals surface area contributed by atoms with Crippen LogP contribution in [0.15, 0.2) is 29.0 Å². The first kappa shape index (κ1) is 11.0. The number of hydrogen-bond acceptors (Lipinski definition) is 2. The van der Waals surface area contributed by atoms with E-state index < -0.39 is 0 Å². The Morgan fingerprint density at radius 1 is 1.79 bits per heavy atom. The molecule has 0 N–H and O–H groups in total. The van der Waals surface area contributed by atoms with Crippen LogP contribution in [0.2, 0.25) is 0 Å². The Kier molecular flexibility index (Phi) is 3.50. The maximum atomic E-state index is 5.62. The Morgan fingerprint density at radius 2 is 2.50 bits per heavy atom. The highest BCUT2D eigenvalue weighted by Crippen LogP contribution is 2.24. The van der Waals surface area contributed by atoms with E-state index in [0.717, 1.165) is 18.4 Å².